The maximum absolute atomic E-state index is 12.8. The maximum atomic E-state index is 12.8. The van der Waals surface area contributed by atoms with Gasteiger partial charge in [-0.25, -0.2) is 9.78 Å². The van der Waals surface area contributed by atoms with Crippen molar-refractivity contribution in [1.29, 1.82) is 0 Å². The first-order valence-electron chi connectivity index (χ1n) is 10.4. The molecule has 0 fully saturated rings. The molecule has 3 heterocycles. The SMILES string of the molecule is Cc1cc(Oc2cccc(-c3ccc4c(c3)n(C)c(=O)n4CC(C)(C)C)n2)cc(C)n1. The number of rotatable bonds is 4. The van der Waals surface area contributed by atoms with E-state index >= 15 is 0 Å². The van der Waals surface area contributed by atoms with Gasteiger partial charge < -0.3 is 4.74 Å². The van der Waals surface area contributed by atoms with Gasteiger partial charge in [-0.15, -0.1) is 0 Å². The normalized spacial score (nSPS) is 11.8. The molecule has 0 aliphatic rings. The van der Waals surface area contributed by atoms with Gasteiger partial charge in [-0.2, -0.15) is 0 Å². The smallest absolute Gasteiger partial charge is 0.328 e. The summed E-state index contributed by atoms with van der Waals surface area (Å²) in [5, 5.41) is 0. The lowest BCUT2D eigenvalue weighted by molar-refractivity contribution is 0.342. The van der Waals surface area contributed by atoms with Gasteiger partial charge in [0.2, 0.25) is 5.88 Å². The summed E-state index contributed by atoms with van der Waals surface area (Å²) in [7, 11) is 1.81. The van der Waals surface area contributed by atoms with Crippen molar-refractivity contribution < 1.29 is 4.74 Å². The van der Waals surface area contributed by atoms with Gasteiger partial charge >= 0.3 is 5.69 Å². The zero-order valence-electron chi connectivity index (χ0n) is 18.9. The van der Waals surface area contributed by atoms with Crippen molar-refractivity contribution >= 4 is 11.0 Å². The van der Waals surface area contributed by atoms with Crippen LogP contribution >= 0.6 is 0 Å². The van der Waals surface area contributed by atoms with Crippen LogP contribution in [0.15, 0.2) is 53.3 Å². The Labute approximate surface area is 182 Å². The van der Waals surface area contributed by atoms with Gasteiger partial charge in [-0.05, 0) is 37.5 Å². The van der Waals surface area contributed by atoms with Crippen LogP contribution in [-0.2, 0) is 13.6 Å². The molecule has 0 bridgehead atoms. The molecule has 31 heavy (non-hydrogen) atoms. The Balaban J connectivity index is 1.71. The highest BCUT2D eigenvalue weighted by Gasteiger charge is 2.18. The minimum atomic E-state index is -0.00413. The van der Waals surface area contributed by atoms with Crippen LogP contribution in [0.3, 0.4) is 0 Å². The minimum Gasteiger partial charge on any atom is -0.439 e. The summed E-state index contributed by atoms with van der Waals surface area (Å²) in [4.78, 5) is 21.9. The van der Waals surface area contributed by atoms with Crippen molar-refractivity contribution in [2.24, 2.45) is 12.5 Å². The lowest BCUT2D eigenvalue weighted by atomic mass is 9.97. The molecule has 0 spiro atoms. The second-order valence-electron chi connectivity index (χ2n) is 9.24. The molecular weight excluding hydrogens is 388 g/mol. The summed E-state index contributed by atoms with van der Waals surface area (Å²) in [5.74, 6) is 1.23. The first-order chi connectivity index (χ1) is 14.6. The number of ether oxygens (including phenoxy) is 1. The first-order valence-corrected chi connectivity index (χ1v) is 10.4. The van der Waals surface area contributed by atoms with Crippen LogP contribution in [0.1, 0.15) is 32.2 Å². The summed E-state index contributed by atoms with van der Waals surface area (Å²) in [5.41, 5.74) is 5.35. The molecule has 0 unspecified atom stereocenters. The third-order valence-electron chi connectivity index (χ3n) is 5.07. The van der Waals surface area contributed by atoms with Crippen molar-refractivity contribution in [2.45, 2.75) is 41.2 Å². The number of hydrogen-bond acceptors (Lipinski definition) is 4. The van der Waals surface area contributed by atoms with Crippen molar-refractivity contribution in [3.05, 3.63) is 70.4 Å². The van der Waals surface area contributed by atoms with E-state index in [1.807, 2.05) is 74.0 Å². The quantitative estimate of drug-likeness (QED) is 0.456. The largest absolute Gasteiger partial charge is 0.439 e. The predicted molar refractivity (Wildman–Crippen MR) is 124 cm³/mol. The number of aromatic nitrogens is 4. The van der Waals surface area contributed by atoms with Gasteiger partial charge in [-0.3, -0.25) is 14.1 Å². The number of imidazole rings is 1. The Bertz CT molecular complexity index is 1310. The first kappa shape index (κ1) is 20.8. The van der Waals surface area contributed by atoms with E-state index in [0.29, 0.717) is 18.2 Å². The van der Waals surface area contributed by atoms with Crippen molar-refractivity contribution in [2.75, 3.05) is 0 Å². The molecule has 4 rings (SSSR count). The Hall–Kier alpha value is -3.41. The van der Waals surface area contributed by atoms with E-state index in [1.54, 1.807) is 4.57 Å². The van der Waals surface area contributed by atoms with E-state index < -0.39 is 0 Å². The van der Waals surface area contributed by atoms with E-state index in [1.165, 1.54) is 0 Å². The third-order valence-corrected chi connectivity index (χ3v) is 5.07. The van der Waals surface area contributed by atoms with Crippen LogP contribution in [0.2, 0.25) is 0 Å². The molecule has 0 saturated heterocycles. The lowest BCUT2D eigenvalue weighted by Crippen LogP contribution is -2.27. The van der Waals surface area contributed by atoms with E-state index in [0.717, 1.165) is 33.7 Å². The van der Waals surface area contributed by atoms with E-state index in [4.69, 9.17) is 4.74 Å². The van der Waals surface area contributed by atoms with Crippen molar-refractivity contribution in [3.8, 4) is 22.9 Å². The Morgan fingerprint density at radius 3 is 2.32 bits per heavy atom. The molecule has 0 atom stereocenters. The van der Waals surface area contributed by atoms with Gasteiger partial charge in [-0.1, -0.05) is 32.9 Å². The van der Waals surface area contributed by atoms with Crippen LogP contribution in [0.4, 0.5) is 0 Å². The molecule has 0 aliphatic carbocycles. The number of nitrogens with zero attached hydrogens (tertiary/aromatic N) is 4. The fourth-order valence-electron chi connectivity index (χ4n) is 3.80. The molecule has 0 N–H and O–H groups in total. The number of aryl methyl sites for hydroxylation is 3. The number of fused-ring (bicyclic) bond motifs is 1. The molecule has 0 aliphatic heterocycles. The Morgan fingerprint density at radius 2 is 1.65 bits per heavy atom. The fourth-order valence-corrected chi connectivity index (χ4v) is 3.80. The molecule has 3 aromatic heterocycles. The number of hydrogen-bond donors (Lipinski definition) is 0. The summed E-state index contributed by atoms with van der Waals surface area (Å²) < 4.78 is 9.53. The summed E-state index contributed by atoms with van der Waals surface area (Å²) in [6, 6.07) is 15.5. The Morgan fingerprint density at radius 1 is 0.935 bits per heavy atom. The number of pyridine rings is 2. The second-order valence-corrected chi connectivity index (χ2v) is 9.24. The highest BCUT2D eigenvalue weighted by molar-refractivity contribution is 5.82. The standard InChI is InChI=1S/C25H28N4O2/c1-16-12-19(13-17(2)26-16)31-23-9-7-8-20(27-23)18-10-11-21-22(14-18)28(6)24(30)29(21)15-25(3,4)5/h7-14H,15H2,1-6H3. The molecule has 0 radical (unpaired) electrons. The molecule has 160 valence electrons. The molecular formula is C25H28N4O2. The average molecular weight is 417 g/mol. The molecule has 1 aromatic carbocycles. The molecule has 4 aromatic rings. The molecule has 6 heteroatoms. The van der Waals surface area contributed by atoms with E-state index in [9.17, 15) is 4.79 Å². The van der Waals surface area contributed by atoms with E-state index in [2.05, 4.69) is 30.7 Å². The summed E-state index contributed by atoms with van der Waals surface area (Å²) in [6.45, 7) is 10.9. The number of benzene rings is 1. The van der Waals surface area contributed by atoms with Gasteiger partial charge in [0.15, 0.2) is 0 Å². The molecule has 0 amide bonds. The zero-order chi connectivity index (χ0) is 22.3. The molecule has 6 nitrogen and oxygen atoms in total. The monoisotopic (exact) mass is 416 g/mol. The second kappa shape index (κ2) is 7.69. The van der Waals surface area contributed by atoms with Gasteiger partial charge in [0.05, 0.1) is 16.7 Å². The maximum Gasteiger partial charge on any atom is 0.328 e. The topological polar surface area (TPSA) is 61.9 Å². The highest BCUT2D eigenvalue weighted by Crippen LogP contribution is 2.27. The molecule has 0 saturated carbocycles. The minimum absolute atomic E-state index is 0.00413. The van der Waals surface area contributed by atoms with E-state index in [-0.39, 0.29) is 11.1 Å². The Kier molecular flexibility index (Phi) is 5.17. The van der Waals surface area contributed by atoms with Crippen LogP contribution in [0.5, 0.6) is 11.6 Å². The zero-order valence-corrected chi connectivity index (χ0v) is 18.9. The van der Waals surface area contributed by atoms with Gasteiger partial charge in [0.1, 0.15) is 5.75 Å². The fraction of sp³-hybridized carbons (Fsp3) is 0.320. The van der Waals surface area contributed by atoms with Crippen LogP contribution in [-0.4, -0.2) is 19.1 Å². The third kappa shape index (κ3) is 4.38. The highest BCUT2D eigenvalue weighted by atomic mass is 16.5. The van der Waals surface area contributed by atoms with Crippen LogP contribution < -0.4 is 10.4 Å². The lowest BCUT2D eigenvalue weighted by Gasteiger charge is -2.18. The van der Waals surface area contributed by atoms with Crippen molar-refractivity contribution in [1.82, 2.24) is 19.1 Å². The van der Waals surface area contributed by atoms with Crippen LogP contribution in [0.25, 0.3) is 22.3 Å². The predicted octanol–water partition coefficient (Wildman–Crippen LogP) is 5.25. The van der Waals surface area contributed by atoms with Gasteiger partial charge in [0, 0.05) is 48.7 Å². The average Bonchev–Trinajstić information content (AvgIpc) is 2.91. The summed E-state index contributed by atoms with van der Waals surface area (Å²) in [6.07, 6.45) is 0. The summed E-state index contributed by atoms with van der Waals surface area (Å²) >= 11 is 0. The van der Waals surface area contributed by atoms with Crippen molar-refractivity contribution in [3.63, 3.8) is 0 Å². The van der Waals surface area contributed by atoms with Crippen LogP contribution in [0, 0.1) is 19.3 Å². The van der Waals surface area contributed by atoms with Gasteiger partial charge in [0.25, 0.3) is 0 Å².